The molecule has 2 N–H and O–H groups in total. The maximum absolute atomic E-state index is 11.5. The molecule has 0 bridgehead atoms. The minimum atomic E-state index is -1.10. The van der Waals surface area contributed by atoms with E-state index in [0.717, 1.165) is 5.56 Å². The number of rotatable bonds is 2. The van der Waals surface area contributed by atoms with Gasteiger partial charge in [-0.15, -0.1) is 0 Å². The second kappa shape index (κ2) is 3.90. The summed E-state index contributed by atoms with van der Waals surface area (Å²) >= 11 is 0. The van der Waals surface area contributed by atoms with Crippen molar-refractivity contribution in [3.8, 4) is 11.5 Å². The maximum atomic E-state index is 11.5. The molecule has 6 heteroatoms. The largest absolute Gasteiger partial charge is 0.481 e. The van der Waals surface area contributed by atoms with Crippen LogP contribution in [0.2, 0.25) is 0 Å². The summed E-state index contributed by atoms with van der Waals surface area (Å²) in [7, 11) is 0. The molecule has 1 aromatic carbocycles. The Hall–Kier alpha value is -2.24. The van der Waals surface area contributed by atoms with Crippen LogP contribution in [0.25, 0.3) is 0 Å². The van der Waals surface area contributed by atoms with E-state index in [9.17, 15) is 9.59 Å². The number of carboxylic acid groups (broad SMARTS) is 1. The molecule has 0 aliphatic carbocycles. The molecule has 0 aromatic heterocycles. The highest BCUT2D eigenvalue weighted by atomic mass is 16.7. The molecule has 1 aromatic rings. The zero-order chi connectivity index (χ0) is 12.7. The number of hydrogen-bond acceptors (Lipinski definition) is 4. The van der Waals surface area contributed by atoms with Crippen molar-refractivity contribution < 1.29 is 24.2 Å². The van der Waals surface area contributed by atoms with Crippen LogP contribution in [0.3, 0.4) is 0 Å². The van der Waals surface area contributed by atoms with Crippen LogP contribution in [0.4, 0.5) is 0 Å². The second-order valence-electron chi connectivity index (χ2n) is 4.28. The van der Waals surface area contributed by atoms with Crippen LogP contribution in [0.1, 0.15) is 11.5 Å². The first-order valence-corrected chi connectivity index (χ1v) is 5.57. The van der Waals surface area contributed by atoms with Gasteiger partial charge in [-0.25, -0.2) is 0 Å². The summed E-state index contributed by atoms with van der Waals surface area (Å²) in [5, 5.41) is 11.7. The Morgan fingerprint density at radius 1 is 1.33 bits per heavy atom. The van der Waals surface area contributed by atoms with Gasteiger partial charge in [0, 0.05) is 12.5 Å². The molecule has 18 heavy (non-hydrogen) atoms. The van der Waals surface area contributed by atoms with Crippen LogP contribution >= 0.6 is 0 Å². The molecular weight excluding hydrogens is 238 g/mol. The van der Waals surface area contributed by atoms with E-state index in [4.69, 9.17) is 14.6 Å². The first kappa shape index (κ1) is 10.9. The summed E-state index contributed by atoms with van der Waals surface area (Å²) in [5.41, 5.74) is 0.769. The Balaban J connectivity index is 1.95. The molecule has 0 saturated carbocycles. The monoisotopic (exact) mass is 249 g/mol. The van der Waals surface area contributed by atoms with Crippen molar-refractivity contribution in [2.24, 2.45) is 5.92 Å². The summed E-state index contributed by atoms with van der Waals surface area (Å²) in [5.74, 6) is -1.72. The lowest BCUT2D eigenvalue weighted by Gasteiger charge is -2.13. The fourth-order valence-electron chi connectivity index (χ4n) is 2.36. The summed E-state index contributed by atoms with van der Waals surface area (Å²) < 4.78 is 10.4. The summed E-state index contributed by atoms with van der Waals surface area (Å²) in [6.45, 7) is 0.498. The van der Waals surface area contributed by atoms with Gasteiger partial charge >= 0.3 is 5.97 Å². The molecule has 2 unspecified atom stereocenters. The average molecular weight is 249 g/mol. The standard InChI is InChI=1S/C12H11NO5/c14-11-10(12(15)16)7(4-13-11)6-1-2-8-9(3-6)18-5-17-8/h1-3,7,10H,4-5H2,(H,13,14)(H,15,16). The zero-order valence-corrected chi connectivity index (χ0v) is 9.38. The van der Waals surface area contributed by atoms with E-state index in [1.807, 2.05) is 0 Å². The third-order valence-electron chi connectivity index (χ3n) is 3.27. The zero-order valence-electron chi connectivity index (χ0n) is 9.38. The fraction of sp³-hybridized carbons (Fsp3) is 0.333. The van der Waals surface area contributed by atoms with Crippen LogP contribution in [-0.4, -0.2) is 30.3 Å². The van der Waals surface area contributed by atoms with Gasteiger partial charge in [0.1, 0.15) is 5.92 Å². The summed E-state index contributed by atoms with van der Waals surface area (Å²) in [6.07, 6.45) is 0. The van der Waals surface area contributed by atoms with Gasteiger partial charge in [0.2, 0.25) is 12.7 Å². The molecule has 0 spiro atoms. The van der Waals surface area contributed by atoms with Gasteiger partial charge in [-0.3, -0.25) is 9.59 Å². The number of ether oxygens (including phenoxy) is 2. The van der Waals surface area contributed by atoms with Crippen molar-refractivity contribution in [2.45, 2.75) is 5.92 Å². The van der Waals surface area contributed by atoms with Gasteiger partial charge in [-0.2, -0.15) is 0 Å². The normalized spacial score (nSPS) is 25.0. The van der Waals surface area contributed by atoms with Crippen LogP contribution < -0.4 is 14.8 Å². The number of carbonyl (C=O) groups excluding carboxylic acids is 1. The first-order valence-electron chi connectivity index (χ1n) is 5.57. The molecule has 1 fully saturated rings. The van der Waals surface area contributed by atoms with Crippen LogP contribution in [0, 0.1) is 5.92 Å². The van der Waals surface area contributed by atoms with Crippen LogP contribution in [0.5, 0.6) is 11.5 Å². The SMILES string of the molecule is O=C(O)C1C(=O)NCC1c1ccc2c(c1)OCO2. The molecular formula is C12H11NO5. The highest BCUT2D eigenvalue weighted by molar-refractivity contribution is 5.99. The molecule has 2 heterocycles. The van der Waals surface area contributed by atoms with Gasteiger partial charge in [0.25, 0.3) is 0 Å². The van der Waals surface area contributed by atoms with E-state index in [1.165, 1.54) is 0 Å². The first-order chi connectivity index (χ1) is 8.66. The van der Waals surface area contributed by atoms with Crippen molar-refractivity contribution in [3.63, 3.8) is 0 Å². The van der Waals surface area contributed by atoms with Crippen LogP contribution in [-0.2, 0) is 9.59 Å². The van der Waals surface area contributed by atoms with Gasteiger partial charge in [0.15, 0.2) is 11.5 Å². The topological polar surface area (TPSA) is 84.9 Å². The van der Waals surface area contributed by atoms with E-state index >= 15 is 0 Å². The number of carbonyl (C=O) groups is 2. The molecule has 1 saturated heterocycles. The lowest BCUT2D eigenvalue weighted by atomic mass is 9.88. The number of nitrogens with one attached hydrogen (secondary N) is 1. The number of hydrogen-bond donors (Lipinski definition) is 2. The third kappa shape index (κ3) is 1.57. The second-order valence-corrected chi connectivity index (χ2v) is 4.28. The van der Waals surface area contributed by atoms with Gasteiger partial charge in [-0.1, -0.05) is 6.07 Å². The highest BCUT2D eigenvalue weighted by Gasteiger charge is 2.41. The van der Waals surface area contributed by atoms with E-state index in [2.05, 4.69) is 5.32 Å². The van der Waals surface area contributed by atoms with Gasteiger partial charge in [0.05, 0.1) is 0 Å². The van der Waals surface area contributed by atoms with E-state index in [1.54, 1.807) is 18.2 Å². The molecule has 0 radical (unpaired) electrons. The predicted octanol–water partition coefficient (Wildman–Crippen LogP) is 0.329. The highest BCUT2D eigenvalue weighted by Crippen LogP contribution is 2.37. The Kier molecular flexibility index (Phi) is 2.36. The maximum Gasteiger partial charge on any atom is 0.316 e. The minimum Gasteiger partial charge on any atom is -0.481 e. The quantitative estimate of drug-likeness (QED) is 0.738. The number of fused-ring (bicyclic) bond motifs is 1. The Bertz CT molecular complexity index is 527. The van der Waals surface area contributed by atoms with Crippen molar-refractivity contribution in [2.75, 3.05) is 13.3 Å². The molecule has 2 aliphatic rings. The molecule has 6 nitrogen and oxygen atoms in total. The van der Waals surface area contributed by atoms with E-state index in [-0.39, 0.29) is 12.7 Å². The predicted molar refractivity (Wildman–Crippen MR) is 59.4 cm³/mol. The summed E-state index contributed by atoms with van der Waals surface area (Å²) in [6, 6.07) is 5.25. The average Bonchev–Trinajstić information content (AvgIpc) is 2.93. The Morgan fingerprint density at radius 2 is 2.11 bits per heavy atom. The summed E-state index contributed by atoms with van der Waals surface area (Å²) in [4.78, 5) is 22.6. The van der Waals surface area contributed by atoms with Crippen LogP contribution in [0.15, 0.2) is 18.2 Å². The van der Waals surface area contributed by atoms with Gasteiger partial charge in [-0.05, 0) is 17.7 Å². The number of aliphatic carboxylic acids is 1. The van der Waals surface area contributed by atoms with Gasteiger partial charge < -0.3 is 19.9 Å². The third-order valence-corrected chi connectivity index (χ3v) is 3.27. The van der Waals surface area contributed by atoms with Crippen molar-refractivity contribution in [1.82, 2.24) is 5.32 Å². The smallest absolute Gasteiger partial charge is 0.316 e. The van der Waals surface area contributed by atoms with Crippen molar-refractivity contribution in [3.05, 3.63) is 23.8 Å². The molecule has 3 rings (SSSR count). The lowest BCUT2D eigenvalue weighted by molar-refractivity contribution is -0.145. The van der Waals surface area contributed by atoms with Crippen molar-refractivity contribution in [1.29, 1.82) is 0 Å². The Morgan fingerprint density at radius 3 is 2.89 bits per heavy atom. The van der Waals surface area contributed by atoms with Crippen molar-refractivity contribution >= 4 is 11.9 Å². The molecule has 94 valence electrons. The molecule has 1 amide bonds. The fourth-order valence-corrected chi connectivity index (χ4v) is 2.36. The van der Waals surface area contributed by atoms with E-state index in [0.29, 0.717) is 18.0 Å². The minimum absolute atomic E-state index is 0.170. The number of benzene rings is 1. The number of amides is 1. The molecule has 2 aliphatic heterocycles. The van der Waals surface area contributed by atoms with E-state index < -0.39 is 17.8 Å². The molecule has 2 atom stereocenters. The Labute approximate surface area is 103 Å². The number of carboxylic acids is 1. The lowest BCUT2D eigenvalue weighted by Crippen LogP contribution is -2.26.